The van der Waals surface area contributed by atoms with Crippen LogP contribution in [-0.2, 0) is 11.2 Å². The minimum absolute atomic E-state index is 0.0893. The molecule has 0 aliphatic carbocycles. The van der Waals surface area contributed by atoms with Crippen LogP contribution in [0.1, 0.15) is 18.7 Å². The Hall–Kier alpha value is -3.06. The third kappa shape index (κ3) is 5.48. The Bertz CT molecular complexity index is 970. The summed E-state index contributed by atoms with van der Waals surface area (Å²) in [5.41, 5.74) is 2.41. The molecule has 1 heterocycles. The monoisotopic (exact) mass is 414 g/mol. The number of carbonyl (C=O) groups is 1. The first-order valence-corrected chi connectivity index (χ1v) is 9.58. The van der Waals surface area contributed by atoms with Gasteiger partial charge in [-0.05, 0) is 48.9 Å². The van der Waals surface area contributed by atoms with Crippen LogP contribution < -0.4 is 15.0 Å². The van der Waals surface area contributed by atoms with E-state index in [1.165, 1.54) is 0 Å². The van der Waals surface area contributed by atoms with Crippen molar-refractivity contribution >= 4 is 28.9 Å². The summed E-state index contributed by atoms with van der Waals surface area (Å²) in [7, 11) is 5.44. The van der Waals surface area contributed by atoms with Gasteiger partial charge in [0.1, 0.15) is 5.75 Å². The van der Waals surface area contributed by atoms with Crippen LogP contribution in [0.3, 0.4) is 0 Å². The molecule has 0 aliphatic heterocycles. The van der Waals surface area contributed by atoms with E-state index in [1.807, 2.05) is 55.4 Å². The van der Waals surface area contributed by atoms with Crippen molar-refractivity contribution in [3.63, 3.8) is 0 Å². The largest absolute Gasteiger partial charge is 0.497 e. The first-order valence-electron chi connectivity index (χ1n) is 9.20. The molecule has 8 heteroatoms. The van der Waals surface area contributed by atoms with Crippen LogP contribution in [0, 0.1) is 0 Å². The molecular formula is C21H23ClN4O3. The number of halogens is 1. The number of benzene rings is 2. The van der Waals surface area contributed by atoms with E-state index in [1.54, 1.807) is 13.2 Å². The van der Waals surface area contributed by atoms with Gasteiger partial charge in [0, 0.05) is 38.2 Å². The molecule has 152 valence electrons. The van der Waals surface area contributed by atoms with Crippen molar-refractivity contribution < 1.29 is 14.1 Å². The van der Waals surface area contributed by atoms with Crippen molar-refractivity contribution in [2.75, 3.05) is 31.4 Å². The summed E-state index contributed by atoms with van der Waals surface area (Å²) in [5.74, 6) is 1.69. The lowest BCUT2D eigenvalue weighted by atomic mass is 10.2. The first kappa shape index (κ1) is 20.7. The van der Waals surface area contributed by atoms with E-state index in [2.05, 4.69) is 15.5 Å². The summed E-state index contributed by atoms with van der Waals surface area (Å²) in [5, 5.41) is 7.44. The maximum Gasteiger partial charge on any atom is 0.226 e. The van der Waals surface area contributed by atoms with Crippen molar-refractivity contribution in [1.29, 1.82) is 0 Å². The molecule has 0 unspecified atom stereocenters. The molecule has 0 fully saturated rings. The van der Waals surface area contributed by atoms with Gasteiger partial charge in [0.15, 0.2) is 0 Å². The summed E-state index contributed by atoms with van der Waals surface area (Å²) >= 11 is 6.23. The number of hydrogen-bond donors (Lipinski definition) is 1. The van der Waals surface area contributed by atoms with E-state index in [-0.39, 0.29) is 5.91 Å². The number of hydrogen-bond acceptors (Lipinski definition) is 6. The third-order valence-corrected chi connectivity index (χ3v) is 4.63. The predicted octanol–water partition coefficient (Wildman–Crippen LogP) is 4.43. The highest BCUT2D eigenvalue weighted by atomic mass is 35.5. The highest BCUT2D eigenvalue weighted by Gasteiger charge is 2.11. The van der Waals surface area contributed by atoms with Crippen LogP contribution in [0.25, 0.3) is 11.4 Å². The molecular weight excluding hydrogens is 392 g/mol. The van der Waals surface area contributed by atoms with Crippen LogP contribution >= 0.6 is 11.6 Å². The number of amides is 1. The summed E-state index contributed by atoms with van der Waals surface area (Å²) < 4.78 is 10.4. The Morgan fingerprint density at radius 2 is 1.97 bits per heavy atom. The predicted molar refractivity (Wildman–Crippen MR) is 114 cm³/mol. The second kappa shape index (κ2) is 9.43. The number of anilines is 2. The summed E-state index contributed by atoms with van der Waals surface area (Å²) in [4.78, 5) is 18.5. The average Bonchev–Trinajstić information content (AvgIpc) is 3.16. The molecule has 1 aromatic heterocycles. The van der Waals surface area contributed by atoms with Crippen LogP contribution in [0.2, 0.25) is 5.02 Å². The SMILES string of the molecule is COc1ccc(-c2noc(CCCC(=O)Nc3ccc(N(C)C)c(Cl)c3)n2)cc1. The van der Waals surface area contributed by atoms with Gasteiger partial charge in [-0.15, -0.1) is 0 Å². The zero-order valence-corrected chi connectivity index (χ0v) is 17.4. The third-order valence-electron chi connectivity index (χ3n) is 4.32. The second-order valence-corrected chi connectivity index (χ2v) is 7.11. The molecule has 0 atom stereocenters. The lowest BCUT2D eigenvalue weighted by Gasteiger charge is -2.15. The zero-order chi connectivity index (χ0) is 20.8. The van der Waals surface area contributed by atoms with Crippen LogP contribution in [0.4, 0.5) is 11.4 Å². The van der Waals surface area contributed by atoms with E-state index < -0.39 is 0 Å². The topological polar surface area (TPSA) is 80.5 Å². The molecule has 1 N–H and O–H groups in total. The Morgan fingerprint density at radius 3 is 2.62 bits per heavy atom. The summed E-state index contributed by atoms with van der Waals surface area (Å²) in [6.45, 7) is 0. The van der Waals surface area contributed by atoms with Crippen molar-refractivity contribution in [3.8, 4) is 17.1 Å². The van der Waals surface area contributed by atoms with Gasteiger partial charge in [-0.25, -0.2) is 0 Å². The van der Waals surface area contributed by atoms with Gasteiger partial charge in [0.25, 0.3) is 0 Å². The minimum atomic E-state index is -0.0893. The van der Waals surface area contributed by atoms with Gasteiger partial charge in [-0.2, -0.15) is 4.98 Å². The molecule has 0 saturated carbocycles. The summed E-state index contributed by atoms with van der Waals surface area (Å²) in [6, 6.07) is 12.9. The molecule has 29 heavy (non-hydrogen) atoms. The fraction of sp³-hybridized carbons (Fsp3) is 0.286. The molecule has 7 nitrogen and oxygen atoms in total. The number of nitrogens with zero attached hydrogens (tertiary/aromatic N) is 3. The van der Waals surface area contributed by atoms with Crippen molar-refractivity contribution in [3.05, 3.63) is 53.4 Å². The fourth-order valence-corrected chi connectivity index (χ4v) is 3.13. The number of aromatic nitrogens is 2. The zero-order valence-electron chi connectivity index (χ0n) is 16.6. The minimum Gasteiger partial charge on any atom is -0.497 e. The molecule has 3 aromatic rings. The molecule has 0 spiro atoms. The fourth-order valence-electron chi connectivity index (χ4n) is 2.78. The standard InChI is InChI=1S/C21H23ClN4O3/c1-26(2)18-12-9-15(13-17(18)22)23-19(27)5-4-6-20-24-21(25-29-20)14-7-10-16(28-3)11-8-14/h7-13H,4-6H2,1-3H3,(H,23,27). The smallest absolute Gasteiger partial charge is 0.226 e. The molecule has 0 bridgehead atoms. The molecule has 1 amide bonds. The number of carbonyl (C=O) groups excluding carboxylic acids is 1. The van der Waals surface area contributed by atoms with Crippen LogP contribution in [0.5, 0.6) is 5.75 Å². The van der Waals surface area contributed by atoms with Crippen molar-refractivity contribution in [2.24, 2.45) is 0 Å². The van der Waals surface area contributed by atoms with Gasteiger partial charge >= 0.3 is 0 Å². The number of methoxy groups -OCH3 is 1. The van der Waals surface area contributed by atoms with E-state index in [0.717, 1.165) is 17.0 Å². The molecule has 0 radical (unpaired) electrons. The highest BCUT2D eigenvalue weighted by molar-refractivity contribution is 6.33. The van der Waals surface area contributed by atoms with E-state index in [9.17, 15) is 4.79 Å². The lowest BCUT2D eigenvalue weighted by molar-refractivity contribution is -0.116. The maximum atomic E-state index is 12.2. The normalized spacial score (nSPS) is 10.6. The Kier molecular flexibility index (Phi) is 6.72. The molecule has 0 aliphatic rings. The van der Waals surface area contributed by atoms with Crippen molar-refractivity contribution in [1.82, 2.24) is 10.1 Å². The first-order chi connectivity index (χ1) is 14.0. The van der Waals surface area contributed by atoms with Crippen LogP contribution in [-0.4, -0.2) is 37.3 Å². The second-order valence-electron chi connectivity index (χ2n) is 6.70. The van der Waals surface area contributed by atoms with E-state index in [4.69, 9.17) is 20.9 Å². The molecule has 0 saturated heterocycles. The van der Waals surface area contributed by atoms with Gasteiger partial charge in [-0.1, -0.05) is 16.8 Å². The number of aryl methyl sites for hydroxylation is 1. The lowest BCUT2D eigenvalue weighted by Crippen LogP contribution is -2.13. The highest BCUT2D eigenvalue weighted by Crippen LogP contribution is 2.27. The Balaban J connectivity index is 1.49. The Labute approximate surface area is 174 Å². The number of rotatable bonds is 8. The van der Waals surface area contributed by atoms with E-state index >= 15 is 0 Å². The quantitative estimate of drug-likeness (QED) is 0.587. The van der Waals surface area contributed by atoms with Gasteiger partial charge in [-0.3, -0.25) is 4.79 Å². The average molecular weight is 415 g/mol. The van der Waals surface area contributed by atoms with Gasteiger partial charge in [0.2, 0.25) is 17.6 Å². The van der Waals surface area contributed by atoms with Crippen LogP contribution in [0.15, 0.2) is 47.0 Å². The maximum absolute atomic E-state index is 12.2. The summed E-state index contributed by atoms with van der Waals surface area (Å²) in [6.07, 6.45) is 1.46. The van der Waals surface area contributed by atoms with Gasteiger partial charge in [0.05, 0.1) is 17.8 Å². The number of nitrogens with one attached hydrogen (secondary N) is 1. The van der Waals surface area contributed by atoms with Crippen molar-refractivity contribution in [2.45, 2.75) is 19.3 Å². The number of ether oxygens (including phenoxy) is 1. The van der Waals surface area contributed by atoms with E-state index in [0.29, 0.717) is 41.7 Å². The molecule has 3 rings (SSSR count). The Morgan fingerprint density at radius 1 is 1.21 bits per heavy atom. The molecule has 2 aromatic carbocycles. The van der Waals surface area contributed by atoms with Gasteiger partial charge < -0.3 is 19.5 Å².